The summed E-state index contributed by atoms with van der Waals surface area (Å²) in [6, 6.07) is 18.4. The van der Waals surface area contributed by atoms with Crippen molar-refractivity contribution in [1.82, 2.24) is 0 Å². The SMILES string of the molecule is Cc1ccc(C(=O)O)cc1S(=O)(=O)Nc1cccc(NC(=O)Nc2ccccc2)c1. The molecule has 3 aromatic rings. The Hall–Kier alpha value is -3.85. The molecule has 30 heavy (non-hydrogen) atoms. The lowest BCUT2D eigenvalue weighted by molar-refractivity contribution is 0.0696. The van der Waals surface area contributed by atoms with Crippen LogP contribution in [0.4, 0.5) is 21.9 Å². The van der Waals surface area contributed by atoms with Crippen molar-refractivity contribution in [2.45, 2.75) is 11.8 Å². The van der Waals surface area contributed by atoms with Gasteiger partial charge in [0.05, 0.1) is 16.1 Å². The Morgan fingerprint density at radius 2 is 1.43 bits per heavy atom. The van der Waals surface area contributed by atoms with Crippen molar-refractivity contribution in [3.63, 3.8) is 0 Å². The monoisotopic (exact) mass is 425 g/mol. The Labute approximate surface area is 173 Å². The van der Waals surface area contributed by atoms with E-state index in [0.717, 1.165) is 6.07 Å². The Morgan fingerprint density at radius 1 is 0.800 bits per heavy atom. The van der Waals surface area contributed by atoms with Crippen LogP contribution in [0.1, 0.15) is 15.9 Å². The van der Waals surface area contributed by atoms with Crippen molar-refractivity contribution >= 4 is 39.1 Å². The van der Waals surface area contributed by atoms with E-state index in [9.17, 15) is 18.0 Å². The molecule has 0 bridgehead atoms. The highest BCUT2D eigenvalue weighted by Gasteiger charge is 2.19. The van der Waals surface area contributed by atoms with Gasteiger partial charge in [0.25, 0.3) is 10.0 Å². The van der Waals surface area contributed by atoms with Crippen LogP contribution in [0.15, 0.2) is 77.7 Å². The standard InChI is InChI=1S/C21H19N3O5S/c1-14-10-11-15(20(25)26)12-19(14)30(28,29)24-18-9-5-8-17(13-18)23-21(27)22-16-6-3-2-4-7-16/h2-13,24H,1H3,(H,25,26)(H2,22,23,27). The number of para-hydroxylation sites is 1. The minimum Gasteiger partial charge on any atom is -0.478 e. The molecule has 4 N–H and O–H groups in total. The smallest absolute Gasteiger partial charge is 0.335 e. The van der Waals surface area contributed by atoms with E-state index in [4.69, 9.17) is 5.11 Å². The molecule has 2 amide bonds. The summed E-state index contributed by atoms with van der Waals surface area (Å²) in [6.45, 7) is 1.58. The van der Waals surface area contributed by atoms with Gasteiger partial charge in [0.15, 0.2) is 0 Å². The number of carbonyl (C=O) groups excluding carboxylic acids is 1. The number of hydrogen-bond donors (Lipinski definition) is 4. The van der Waals surface area contributed by atoms with Gasteiger partial charge in [0.1, 0.15) is 0 Å². The number of benzene rings is 3. The summed E-state index contributed by atoms with van der Waals surface area (Å²) in [6.07, 6.45) is 0. The second kappa shape index (κ2) is 8.66. The molecule has 0 saturated heterocycles. The van der Waals surface area contributed by atoms with E-state index >= 15 is 0 Å². The van der Waals surface area contributed by atoms with E-state index in [1.54, 1.807) is 43.3 Å². The molecule has 9 heteroatoms. The van der Waals surface area contributed by atoms with Gasteiger partial charge in [-0.25, -0.2) is 18.0 Å². The van der Waals surface area contributed by atoms with E-state index < -0.39 is 22.0 Å². The third-order valence-corrected chi connectivity index (χ3v) is 5.65. The maximum Gasteiger partial charge on any atom is 0.335 e. The third kappa shape index (κ3) is 5.15. The molecule has 8 nitrogen and oxygen atoms in total. The fourth-order valence-corrected chi connectivity index (χ4v) is 4.03. The van der Waals surface area contributed by atoms with Crippen LogP contribution >= 0.6 is 0 Å². The van der Waals surface area contributed by atoms with Crippen LogP contribution in [0.5, 0.6) is 0 Å². The Kier molecular flexibility index (Phi) is 6.03. The molecule has 0 atom stereocenters. The number of rotatable bonds is 6. The largest absolute Gasteiger partial charge is 0.478 e. The van der Waals surface area contributed by atoms with Gasteiger partial charge in [0, 0.05) is 11.4 Å². The van der Waals surface area contributed by atoms with Gasteiger partial charge in [-0.05, 0) is 55.0 Å². The molecule has 0 aromatic heterocycles. The molecular weight excluding hydrogens is 406 g/mol. The summed E-state index contributed by atoms with van der Waals surface area (Å²) in [5, 5.41) is 14.4. The Bertz CT molecular complexity index is 1190. The van der Waals surface area contributed by atoms with Gasteiger partial charge in [-0.3, -0.25) is 4.72 Å². The molecule has 0 aliphatic rings. The maximum absolute atomic E-state index is 12.8. The van der Waals surface area contributed by atoms with Gasteiger partial charge >= 0.3 is 12.0 Å². The van der Waals surface area contributed by atoms with Crippen molar-refractivity contribution in [1.29, 1.82) is 0 Å². The molecule has 0 heterocycles. The molecule has 3 rings (SSSR count). The lowest BCUT2D eigenvalue weighted by Gasteiger charge is -2.13. The fraction of sp³-hybridized carbons (Fsp3) is 0.0476. The maximum atomic E-state index is 12.8. The fourth-order valence-electron chi connectivity index (χ4n) is 2.71. The summed E-state index contributed by atoms with van der Waals surface area (Å²) in [5.74, 6) is -1.22. The normalized spacial score (nSPS) is 10.8. The number of hydrogen-bond acceptors (Lipinski definition) is 4. The van der Waals surface area contributed by atoms with Gasteiger partial charge in [-0.15, -0.1) is 0 Å². The molecule has 3 aromatic carbocycles. The number of carbonyl (C=O) groups is 2. The van der Waals surface area contributed by atoms with Crippen molar-refractivity contribution in [3.05, 3.63) is 83.9 Å². The molecular formula is C21H19N3O5S. The van der Waals surface area contributed by atoms with Gasteiger partial charge in [-0.2, -0.15) is 0 Å². The van der Waals surface area contributed by atoms with Crippen LogP contribution in [0.3, 0.4) is 0 Å². The summed E-state index contributed by atoms with van der Waals surface area (Å²) < 4.78 is 27.9. The number of sulfonamides is 1. The topological polar surface area (TPSA) is 125 Å². The zero-order valence-corrected chi connectivity index (χ0v) is 16.7. The minimum absolute atomic E-state index is 0.131. The number of carboxylic acid groups (broad SMARTS) is 1. The lowest BCUT2D eigenvalue weighted by atomic mass is 10.1. The second-order valence-corrected chi connectivity index (χ2v) is 8.07. The second-order valence-electron chi connectivity index (χ2n) is 6.42. The third-order valence-electron chi connectivity index (χ3n) is 4.13. The molecule has 0 fully saturated rings. The first-order chi connectivity index (χ1) is 14.2. The van der Waals surface area contributed by atoms with Crippen molar-refractivity contribution in [2.24, 2.45) is 0 Å². The predicted molar refractivity (Wildman–Crippen MR) is 114 cm³/mol. The molecule has 0 spiro atoms. The highest BCUT2D eigenvalue weighted by atomic mass is 32.2. The number of carboxylic acids is 1. The molecule has 154 valence electrons. The average Bonchev–Trinajstić information content (AvgIpc) is 2.68. The molecule has 0 unspecified atom stereocenters. The first-order valence-corrected chi connectivity index (χ1v) is 10.3. The number of nitrogens with one attached hydrogen (secondary N) is 3. The Balaban J connectivity index is 1.77. The van der Waals surface area contributed by atoms with Gasteiger partial charge < -0.3 is 15.7 Å². The highest BCUT2D eigenvalue weighted by Crippen LogP contribution is 2.23. The van der Waals surface area contributed by atoms with Crippen LogP contribution in [0.25, 0.3) is 0 Å². The summed E-state index contributed by atoms with van der Waals surface area (Å²) >= 11 is 0. The summed E-state index contributed by atoms with van der Waals surface area (Å²) in [4.78, 5) is 23.2. The number of amides is 2. The molecule has 0 saturated carbocycles. The van der Waals surface area contributed by atoms with Crippen molar-refractivity contribution in [2.75, 3.05) is 15.4 Å². The van der Waals surface area contributed by atoms with E-state index in [1.165, 1.54) is 24.3 Å². The van der Waals surface area contributed by atoms with Crippen LogP contribution in [0.2, 0.25) is 0 Å². The average molecular weight is 425 g/mol. The zero-order chi connectivity index (χ0) is 21.7. The molecule has 0 aliphatic heterocycles. The first-order valence-electron chi connectivity index (χ1n) is 8.84. The van der Waals surface area contributed by atoms with Crippen LogP contribution in [-0.2, 0) is 10.0 Å². The van der Waals surface area contributed by atoms with Gasteiger partial charge in [0.2, 0.25) is 0 Å². The van der Waals surface area contributed by atoms with E-state index in [1.807, 2.05) is 6.07 Å². The van der Waals surface area contributed by atoms with Crippen LogP contribution in [0, 0.1) is 6.92 Å². The van der Waals surface area contributed by atoms with E-state index in [-0.39, 0.29) is 16.1 Å². The minimum atomic E-state index is -4.04. The summed E-state index contributed by atoms with van der Waals surface area (Å²) in [7, 11) is -4.04. The van der Waals surface area contributed by atoms with Crippen molar-refractivity contribution in [3.8, 4) is 0 Å². The number of anilines is 3. The molecule has 0 aliphatic carbocycles. The summed E-state index contributed by atoms with van der Waals surface area (Å²) in [5.41, 5.74) is 1.48. The molecule has 0 radical (unpaired) electrons. The van der Waals surface area contributed by atoms with E-state index in [0.29, 0.717) is 16.9 Å². The van der Waals surface area contributed by atoms with Crippen LogP contribution < -0.4 is 15.4 Å². The highest BCUT2D eigenvalue weighted by molar-refractivity contribution is 7.92. The quantitative estimate of drug-likeness (QED) is 0.472. The van der Waals surface area contributed by atoms with Crippen LogP contribution in [-0.4, -0.2) is 25.5 Å². The first kappa shape index (κ1) is 20.9. The Morgan fingerprint density at radius 3 is 2.13 bits per heavy atom. The predicted octanol–water partition coefficient (Wildman–Crippen LogP) is 4.14. The number of aromatic carboxylic acids is 1. The lowest BCUT2D eigenvalue weighted by Crippen LogP contribution is -2.19. The van der Waals surface area contributed by atoms with Gasteiger partial charge in [-0.1, -0.05) is 30.3 Å². The zero-order valence-electron chi connectivity index (χ0n) is 15.9. The number of aryl methyl sites for hydroxylation is 1. The van der Waals surface area contributed by atoms with Crippen molar-refractivity contribution < 1.29 is 23.1 Å². The van der Waals surface area contributed by atoms with E-state index in [2.05, 4.69) is 15.4 Å². The number of urea groups is 1.